The number of nitrogens with one attached hydrogen (secondary N) is 1. The summed E-state index contributed by atoms with van der Waals surface area (Å²) in [7, 11) is 0. The van der Waals surface area contributed by atoms with Gasteiger partial charge in [0, 0.05) is 19.5 Å². The van der Waals surface area contributed by atoms with Crippen molar-refractivity contribution in [2.45, 2.75) is 26.7 Å². The smallest absolute Gasteiger partial charge is 0.227 e. The van der Waals surface area contributed by atoms with Crippen LogP contribution in [0.4, 0.5) is 0 Å². The van der Waals surface area contributed by atoms with Crippen molar-refractivity contribution in [2.75, 3.05) is 13.1 Å². The van der Waals surface area contributed by atoms with Crippen molar-refractivity contribution in [1.29, 1.82) is 0 Å². The molecule has 0 aliphatic rings. The summed E-state index contributed by atoms with van der Waals surface area (Å²) in [5, 5.41) is 2.64. The van der Waals surface area contributed by atoms with Gasteiger partial charge in [0.15, 0.2) is 0 Å². The molecule has 1 atom stereocenters. The Hall–Kier alpha value is -1.10. The SMILES string of the molecule is CCC(C)(CN)C(=O)NCCC(N)=O. The van der Waals surface area contributed by atoms with E-state index >= 15 is 0 Å². The topological polar surface area (TPSA) is 98.2 Å². The Morgan fingerprint density at radius 2 is 2.00 bits per heavy atom. The molecular weight excluding hydrogens is 182 g/mol. The molecule has 5 nitrogen and oxygen atoms in total. The maximum Gasteiger partial charge on any atom is 0.227 e. The minimum Gasteiger partial charge on any atom is -0.370 e. The molecule has 0 rings (SSSR count). The molecule has 5 heteroatoms. The number of carbonyl (C=O) groups is 2. The van der Waals surface area contributed by atoms with E-state index in [2.05, 4.69) is 5.32 Å². The first kappa shape index (κ1) is 12.9. The number of carbonyl (C=O) groups excluding carboxylic acids is 2. The van der Waals surface area contributed by atoms with Crippen LogP contribution in [0.5, 0.6) is 0 Å². The first-order valence-electron chi connectivity index (χ1n) is 4.73. The van der Waals surface area contributed by atoms with E-state index in [1.54, 1.807) is 6.92 Å². The maximum absolute atomic E-state index is 11.6. The van der Waals surface area contributed by atoms with Crippen LogP contribution in [0.1, 0.15) is 26.7 Å². The Kier molecular flexibility index (Phi) is 5.15. The van der Waals surface area contributed by atoms with E-state index in [1.165, 1.54) is 0 Å². The van der Waals surface area contributed by atoms with Crippen LogP contribution in [0.25, 0.3) is 0 Å². The van der Waals surface area contributed by atoms with Crippen molar-refractivity contribution >= 4 is 11.8 Å². The van der Waals surface area contributed by atoms with Gasteiger partial charge in [-0.2, -0.15) is 0 Å². The highest BCUT2D eigenvalue weighted by atomic mass is 16.2. The van der Waals surface area contributed by atoms with E-state index in [-0.39, 0.29) is 18.9 Å². The predicted octanol–water partition coefficient (Wildman–Crippen LogP) is -0.647. The zero-order valence-electron chi connectivity index (χ0n) is 8.80. The quantitative estimate of drug-likeness (QED) is 0.532. The van der Waals surface area contributed by atoms with Gasteiger partial charge in [-0.05, 0) is 13.3 Å². The van der Waals surface area contributed by atoms with Gasteiger partial charge in [0.1, 0.15) is 0 Å². The van der Waals surface area contributed by atoms with Crippen LogP contribution in [-0.2, 0) is 9.59 Å². The summed E-state index contributed by atoms with van der Waals surface area (Å²) < 4.78 is 0. The normalized spacial score (nSPS) is 14.5. The second-order valence-corrected chi connectivity index (χ2v) is 3.59. The van der Waals surface area contributed by atoms with E-state index in [9.17, 15) is 9.59 Å². The molecule has 2 amide bonds. The first-order chi connectivity index (χ1) is 6.46. The summed E-state index contributed by atoms with van der Waals surface area (Å²) in [6, 6.07) is 0. The molecule has 1 unspecified atom stereocenters. The average Bonchev–Trinajstić information content (AvgIpc) is 2.15. The number of amides is 2. The van der Waals surface area contributed by atoms with Gasteiger partial charge in [0.25, 0.3) is 0 Å². The van der Waals surface area contributed by atoms with Crippen LogP contribution < -0.4 is 16.8 Å². The number of nitrogens with two attached hydrogens (primary N) is 2. The highest BCUT2D eigenvalue weighted by Gasteiger charge is 2.28. The Balaban J connectivity index is 4.00. The molecule has 0 fully saturated rings. The Labute approximate surface area is 84.2 Å². The molecule has 82 valence electrons. The second kappa shape index (κ2) is 5.59. The van der Waals surface area contributed by atoms with E-state index < -0.39 is 11.3 Å². The third kappa shape index (κ3) is 3.74. The van der Waals surface area contributed by atoms with Gasteiger partial charge in [-0.3, -0.25) is 9.59 Å². The molecule has 0 aromatic rings. The van der Waals surface area contributed by atoms with Crippen molar-refractivity contribution in [1.82, 2.24) is 5.32 Å². The van der Waals surface area contributed by atoms with E-state index in [0.717, 1.165) is 0 Å². The van der Waals surface area contributed by atoms with E-state index in [0.29, 0.717) is 13.0 Å². The standard InChI is InChI=1S/C9H19N3O2/c1-3-9(2,6-10)8(14)12-5-4-7(11)13/h3-6,10H2,1-2H3,(H2,11,13)(H,12,14). The average molecular weight is 201 g/mol. The van der Waals surface area contributed by atoms with Gasteiger partial charge in [0.2, 0.25) is 11.8 Å². The van der Waals surface area contributed by atoms with E-state index in [4.69, 9.17) is 11.5 Å². The minimum absolute atomic E-state index is 0.122. The Bertz CT molecular complexity index is 212. The van der Waals surface area contributed by atoms with Gasteiger partial charge >= 0.3 is 0 Å². The molecule has 5 N–H and O–H groups in total. The number of primary amides is 1. The van der Waals surface area contributed by atoms with Crippen molar-refractivity contribution in [3.05, 3.63) is 0 Å². The van der Waals surface area contributed by atoms with E-state index in [1.807, 2.05) is 6.92 Å². The lowest BCUT2D eigenvalue weighted by Gasteiger charge is -2.24. The number of hydrogen-bond donors (Lipinski definition) is 3. The summed E-state index contributed by atoms with van der Waals surface area (Å²) in [6.45, 7) is 4.28. The molecule has 0 bridgehead atoms. The Morgan fingerprint density at radius 3 is 2.36 bits per heavy atom. The second-order valence-electron chi connectivity index (χ2n) is 3.59. The minimum atomic E-state index is -0.544. The highest BCUT2D eigenvalue weighted by Crippen LogP contribution is 2.18. The van der Waals surface area contributed by atoms with Crippen LogP contribution >= 0.6 is 0 Å². The molecule has 0 aromatic carbocycles. The van der Waals surface area contributed by atoms with Crippen molar-refractivity contribution in [2.24, 2.45) is 16.9 Å². The zero-order chi connectivity index (χ0) is 11.2. The molecule has 14 heavy (non-hydrogen) atoms. The van der Waals surface area contributed by atoms with Crippen LogP contribution in [-0.4, -0.2) is 24.9 Å². The van der Waals surface area contributed by atoms with Crippen LogP contribution in [0, 0.1) is 5.41 Å². The zero-order valence-corrected chi connectivity index (χ0v) is 8.80. The molecular formula is C9H19N3O2. The van der Waals surface area contributed by atoms with Gasteiger partial charge in [-0.1, -0.05) is 6.92 Å². The van der Waals surface area contributed by atoms with Gasteiger partial charge in [-0.15, -0.1) is 0 Å². The van der Waals surface area contributed by atoms with Gasteiger partial charge < -0.3 is 16.8 Å². The fourth-order valence-corrected chi connectivity index (χ4v) is 0.910. The van der Waals surface area contributed by atoms with Crippen LogP contribution in [0.15, 0.2) is 0 Å². The Morgan fingerprint density at radius 1 is 1.43 bits per heavy atom. The summed E-state index contributed by atoms with van der Waals surface area (Å²) in [4.78, 5) is 22.0. The number of rotatable bonds is 6. The molecule has 0 saturated carbocycles. The molecule has 0 heterocycles. The van der Waals surface area contributed by atoms with Crippen LogP contribution in [0.3, 0.4) is 0 Å². The maximum atomic E-state index is 11.6. The molecule has 0 aliphatic heterocycles. The lowest BCUT2D eigenvalue weighted by molar-refractivity contribution is -0.129. The summed E-state index contributed by atoms with van der Waals surface area (Å²) >= 11 is 0. The number of hydrogen-bond acceptors (Lipinski definition) is 3. The summed E-state index contributed by atoms with van der Waals surface area (Å²) in [5.41, 5.74) is 9.89. The van der Waals surface area contributed by atoms with Crippen LogP contribution in [0.2, 0.25) is 0 Å². The third-order valence-corrected chi connectivity index (χ3v) is 2.44. The predicted molar refractivity (Wildman–Crippen MR) is 54.3 cm³/mol. The largest absolute Gasteiger partial charge is 0.370 e. The van der Waals surface area contributed by atoms with Crippen molar-refractivity contribution in [3.63, 3.8) is 0 Å². The van der Waals surface area contributed by atoms with Gasteiger partial charge in [-0.25, -0.2) is 0 Å². The van der Waals surface area contributed by atoms with Crippen molar-refractivity contribution in [3.8, 4) is 0 Å². The lowest BCUT2D eigenvalue weighted by Crippen LogP contribution is -2.44. The fraction of sp³-hybridized carbons (Fsp3) is 0.778. The highest BCUT2D eigenvalue weighted by molar-refractivity contribution is 5.83. The third-order valence-electron chi connectivity index (χ3n) is 2.44. The molecule has 0 spiro atoms. The molecule has 0 saturated heterocycles. The summed E-state index contributed by atoms with van der Waals surface area (Å²) in [5.74, 6) is -0.542. The fourth-order valence-electron chi connectivity index (χ4n) is 0.910. The van der Waals surface area contributed by atoms with Crippen molar-refractivity contribution < 1.29 is 9.59 Å². The van der Waals surface area contributed by atoms with Gasteiger partial charge in [0.05, 0.1) is 5.41 Å². The first-order valence-corrected chi connectivity index (χ1v) is 4.73. The molecule has 0 radical (unpaired) electrons. The lowest BCUT2D eigenvalue weighted by atomic mass is 9.87. The molecule has 0 aliphatic carbocycles. The molecule has 0 aromatic heterocycles. The summed E-state index contributed by atoms with van der Waals surface area (Å²) in [6.07, 6.45) is 0.835. The monoisotopic (exact) mass is 201 g/mol.